The highest BCUT2D eigenvalue weighted by atomic mass is 35.5. The molecule has 0 aliphatic heterocycles. The number of ether oxygens (including phenoxy) is 1. The number of Topliss-reactive ketones (excluding diaryl/α,β-unsaturated/α-hetero) is 1. The van der Waals surface area contributed by atoms with Crippen molar-refractivity contribution in [3.63, 3.8) is 0 Å². The maximum Gasteiger partial charge on any atom is 0.251 e. The van der Waals surface area contributed by atoms with Gasteiger partial charge in [-0.15, -0.1) is 0 Å². The summed E-state index contributed by atoms with van der Waals surface area (Å²) in [5.41, 5.74) is 0.455. The van der Waals surface area contributed by atoms with Crippen molar-refractivity contribution in [3.8, 4) is 0 Å². The molecule has 0 aliphatic rings. The maximum atomic E-state index is 11.8. The van der Waals surface area contributed by atoms with Crippen LogP contribution in [0.1, 0.15) is 17.3 Å². The van der Waals surface area contributed by atoms with Gasteiger partial charge in [0.2, 0.25) is 0 Å². The molecule has 1 atom stereocenters. The van der Waals surface area contributed by atoms with E-state index in [9.17, 15) is 9.59 Å². The molecule has 0 unspecified atom stereocenters. The number of carbonyl (C=O) groups is 2. The number of nitrogens with one attached hydrogen (secondary N) is 1. The van der Waals surface area contributed by atoms with E-state index in [1.807, 2.05) is 0 Å². The zero-order valence-corrected chi connectivity index (χ0v) is 10.5. The summed E-state index contributed by atoms with van der Waals surface area (Å²) in [6.07, 6.45) is 0. The Balaban J connectivity index is 2.70. The second-order valence-electron chi connectivity index (χ2n) is 3.60. The molecule has 1 aromatic carbocycles. The molecule has 92 valence electrons. The lowest BCUT2D eigenvalue weighted by molar-refractivity contribution is -0.119. The van der Waals surface area contributed by atoms with E-state index < -0.39 is 6.04 Å². The van der Waals surface area contributed by atoms with Crippen molar-refractivity contribution in [2.45, 2.75) is 13.0 Å². The molecule has 0 fully saturated rings. The van der Waals surface area contributed by atoms with Gasteiger partial charge < -0.3 is 10.1 Å². The van der Waals surface area contributed by atoms with Crippen molar-refractivity contribution in [1.82, 2.24) is 5.32 Å². The Labute approximate surface area is 105 Å². The van der Waals surface area contributed by atoms with Crippen molar-refractivity contribution in [2.75, 3.05) is 13.7 Å². The highest BCUT2D eigenvalue weighted by Crippen LogP contribution is 2.09. The van der Waals surface area contributed by atoms with Crippen LogP contribution in [0, 0.1) is 0 Å². The number of hydrogen-bond acceptors (Lipinski definition) is 3. The van der Waals surface area contributed by atoms with Gasteiger partial charge in [0.05, 0.1) is 6.61 Å². The van der Waals surface area contributed by atoms with Crippen LogP contribution >= 0.6 is 11.6 Å². The van der Waals surface area contributed by atoms with Gasteiger partial charge in [-0.1, -0.05) is 11.6 Å². The summed E-state index contributed by atoms with van der Waals surface area (Å²) in [4.78, 5) is 23.0. The Bertz CT molecular complexity index is 403. The van der Waals surface area contributed by atoms with Gasteiger partial charge in [-0.05, 0) is 31.2 Å². The molecular formula is C12H14ClNO3. The summed E-state index contributed by atoms with van der Waals surface area (Å²) in [7, 11) is 1.48. The predicted molar refractivity (Wildman–Crippen MR) is 65.3 cm³/mol. The van der Waals surface area contributed by atoms with E-state index in [1.165, 1.54) is 14.0 Å². The van der Waals surface area contributed by atoms with E-state index in [0.29, 0.717) is 10.6 Å². The molecule has 1 aromatic rings. The third-order valence-electron chi connectivity index (χ3n) is 2.24. The van der Waals surface area contributed by atoms with Gasteiger partial charge in [0.1, 0.15) is 6.04 Å². The maximum absolute atomic E-state index is 11.8. The SMILES string of the molecule is COC[C@@H](NC(=O)c1ccc(Cl)cc1)C(C)=O. The number of amides is 1. The number of ketones is 1. The topological polar surface area (TPSA) is 55.4 Å². The second kappa shape index (κ2) is 6.37. The summed E-state index contributed by atoms with van der Waals surface area (Å²) in [6.45, 7) is 1.57. The zero-order chi connectivity index (χ0) is 12.8. The van der Waals surface area contributed by atoms with Gasteiger partial charge in [-0.25, -0.2) is 0 Å². The summed E-state index contributed by atoms with van der Waals surface area (Å²) < 4.78 is 4.86. The molecule has 4 nitrogen and oxygen atoms in total. The summed E-state index contributed by atoms with van der Waals surface area (Å²) in [5, 5.41) is 3.15. The van der Waals surface area contributed by atoms with E-state index in [-0.39, 0.29) is 18.3 Å². The van der Waals surface area contributed by atoms with Gasteiger partial charge in [-0.2, -0.15) is 0 Å². The summed E-state index contributed by atoms with van der Waals surface area (Å²) >= 11 is 5.72. The van der Waals surface area contributed by atoms with Crippen LogP contribution in [0.3, 0.4) is 0 Å². The van der Waals surface area contributed by atoms with Crippen LogP contribution in [-0.4, -0.2) is 31.4 Å². The summed E-state index contributed by atoms with van der Waals surface area (Å²) in [6, 6.07) is 5.82. The normalized spacial score (nSPS) is 11.9. The lowest BCUT2D eigenvalue weighted by Gasteiger charge is -2.14. The first-order chi connectivity index (χ1) is 8.04. The van der Waals surface area contributed by atoms with Crippen molar-refractivity contribution < 1.29 is 14.3 Å². The van der Waals surface area contributed by atoms with Crippen LogP contribution in [0.2, 0.25) is 5.02 Å². The van der Waals surface area contributed by atoms with E-state index in [1.54, 1.807) is 24.3 Å². The average molecular weight is 256 g/mol. The highest BCUT2D eigenvalue weighted by molar-refractivity contribution is 6.30. The van der Waals surface area contributed by atoms with Crippen molar-refractivity contribution in [3.05, 3.63) is 34.9 Å². The number of benzene rings is 1. The van der Waals surface area contributed by atoms with Gasteiger partial charge in [0, 0.05) is 17.7 Å². The van der Waals surface area contributed by atoms with Gasteiger partial charge in [0.15, 0.2) is 5.78 Å². The fourth-order valence-electron chi connectivity index (χ4n) is 1.27. The monoisotopic (exact) mass is 255 g/mol. The quantitative estimate of drug-likeness (QED) is 0.871. The molecule has 1 rings (SSSR count). The Kier molecular flexibility index (Phi) is 5.12. The van der Waals surface area contributed by atoms with E-state index in [4.69, 9.17) is 16.3 Å². The minimum absolute atomic E-state index is 0.144. The smallest absolute Gasteiger partial charge is 0.251 e. The molecule has 0 aromatic heterocycles. The Hall–Kier alpha value is -1.39. The van der Waals surface area contributed by atoms with E-state index in [0.717, 1.165) is 0 Å². The molecule has 1 N–H and O–H groups in total. The number of carbonyl (C=O) groups excluding carboxylic acids is 2. The first-order valence-electron chi connectivity index (χ1n) is 5.10. The van der Waals surface area contributed by atoms with Crippen molar-refractivity contribution in [1.29, 1.82) is 0 Å². The first-order valence-corrected chi connectivity index (χ1v) is 5.48. The molecule has 0 saturated carbocycles. The second-order valence-corrected chi connectivity index (χ2v) is 4.04. The van der Waals surface area contributed by atoms with Gasteiger partial charge in [-0.3, -0.25) is 9.59 Å². The summed E-state index contributed by atoms with van der Waals surface area (Å²) in [5.74, 6) is -0.465. The number of rotatable bonds is 5. The van der Waals surface area contributed by atoms with Crippen molar-refractivity contribution >= 4 is 23.3 Å². The number of methoxy groups -OCH3 is 1. The predicted octanol–water partition coefficient (Wildman–Crippen LogP) is 1.67. The third-order valence-corrected chi connectivity index (χ3v) is 2.49. The fourth-order valence-corrected chi connectivity index (χ4v) is 1.40. The lowest BCUT2D eigenvalue weighted by atomic mass is 10.1. The molecule has 0 radical (unpaired) electrons. The fraction of sp³-hybridized carbons (Fsp3) is 0.333. The molecule has 0 saturated heterocycles. The third kappa shape index (κ3) is 4.17. The van der Waals surface area contributed by atoms with Crippen LogP contribution in [-0.2, 0) is 9.53 Å². The Morgan fingerprint density at radius 3 is 2.41 bits per heavy atom. The van der Waals surface area contributed by atoms with E-state index >= 15 is 0 Å². The zero-order valence-electron chi connectivity index (χ0n) is 9.70. The number of hydrogen-bond donors (Lipinski definition) is 1. The molecular weight excluding hydrogens is 242 g/mol. The number of halogens is 1. The minimum atomic E-state index is -0.622. The molecule has 1 amide bonds. The average Bonchev–Trinajstić information content (AvgIpc) is 2.29. The molecule has 17 heavy (non-hydrogen) atoms. The Morgan fingerprint density at radius 2 is 1.94 bits per heavy atom. The molecule has 5 heteroatoms. The lowest BCUT2D eigenvalue weighted by Crippen LogP contribution is -2.42. The Morgan fingerprint density at radius 1 is 1.35 bits per heavy atom. The highest BCUT2D eigenvalue weighted by Gasteiger charge is 2.17. The molecule has 0 aliphatic carbocycles. The molecule has 0 spiro atoms. The van der Waals surface area contributed by atoms with Crippen LogP contribution in [0.15, 0.2) is 24.3 Å². The largest absolute Gasteiger partial charge is 0.382 e. The van der Waals surface area contributed by atoms with Gasteiger partial charge in [0.25, 0.3) is 5.91 Å². The van der Waals surface area contributed by atoms with Crippen LogP contribution < -0.4 is 5.32 Å². The van der Waals surface area contributed by atoms with Crippen LogP contribution in [0.25, 0.3) is 0 Å². The van der Waals surface area contributed by atoms with E-state index in [2.05, 4.69) is 5.32 Å². The van der Waals surface area contributed by atoms with Crippen LogP contribution in [0.4, 0.5) is 0 Å². The van der Waals surface area contributed by atoms with Crippen LogP contribution in [0.5, 0.6) is 0 Å². The van der Waals surface area contributed by atoms with Crippen molar-refractivity contribution in [2.24, 2.45) is 0 Å². The standard InChI is InChI=1S/C12H14ClNO3/c1-8(15)11(7-17-2)14-12(16)9-3-5-10(13)6-4-9/h3-6,11H,7H2,1-2H3,(H,14,16)/t11-/m1/s1. The molecule has 0 bridgehead atoms. The minimum Gasteiger partial charge on any atom is -0.382 e. The van der Waals surface area contributed by atoms with Gasteiger partial charge >= 0.3 is 0 Å². The molecule has 0 heterocycles. The first kappa shape index (κ1) is 13.7.